The van der Waals surface area contributed by atoms with Gasteiger partial charge in [-0.15, -0.1) is 0 Å². The number of nitrogens with zero attached hydrogens (tertiary/aromatic N) is 2. The van der Waals surface area contributed by atoms with Gasteiger partial charge in [-0.1, -0.05) is 12.1 Å². The Morgan fingerprint density at radius 3 is 2.29 bits per heavy atom. The Balaban J connectivity index is 1.61. The highest BCUT2D eigenvalue weighted by molar-refractivity contribution is 6.10. The SMILES string of the molecule is COc1ccc(N2CC(=O)N(Cc3ccc(C(F)(F)F)cc3)C3(COC3)C2=O)c(F)c1. The van der Waals surface area contributed by atoms with Gasteiger partial charge in [0.05, 0.1) is 31.6 Å². The molecular formula is C21H18F4N2O4. The van der Waals surface area contributed by atoms with Gasteiger partial charge in [-0.25, -0.2) is 4.39 Å². The first kappa shape index (κ1) is 21.1. The van der Waals surface area contributed by atoms with Crippen LogP contribution in [0.2, 0.25) is 0 Å². The molecule has 0 atom stereocenters. The third-order valence-corrected chi connectivity index (χ3v) is 5.50. The van der Waals surface area contributed by atoms with Crippen molar-refractivity contribution < 1.29 is 36.6 Å². The van der Waals surface area contributed by atoms with Gasteiger partial charge in [0, 0.05) is 12.6 Å². The summed E-state index contributed by atoms with van der Waals surface area (Å²) in [7, 11) is 1.38. The van der Waals surface area contributed by atoms with Crippen LogP contribution in [0.4, 0.5) is 23.2 Å². The normalized spacial score (nSPS) is 18.4. The molecule has 2 heterocycles. The molecule has 164 valence electrons. The summed E-state index contributed by atoms with van der Waals surface area (Å²) in [5, 5.41) is 0. The van der Waals surface area contributed by atoms with Crippen molar-refractivity contribution in [1.29, 1.82) is 0 Å². The molecule has 4 rings (SSSR count). The van der Waals surface area contributed by atoms with Crippen molar-refractivity contribution in [2.75, 3.05) is 31.8 Å². The van der Waals surface area contributed by atoms with Crippen molar-refractivity contribution >= 4 is 17.5 Å². The molecule has 0 radical (unpaired) electrons. The maximum absolute atomic E-state index is 14.6. The number of hydrogen-bond donors (Lipinski definition) is 0. The highest BCUT2D eigenvalue weighted by Gasteiger charge is 2.58. The van der Waals surface area contributed by atoms with Gasteiger partial charge >= 0.3 is 6.18 Å². The second-order valence-electron chi connectivity index (χ2n) is 7.41. The van der Waals surface area contributed by atoms with Gasteiger partial charge in [-0.3, -0.25) is 14.5 Å². The largest absolute Gasteiger partial charge is 0.497 e. The number of anilines is 1. The molecule has 2 saturated heterocycles. The van der Waals surface area contributed by atoms with E-state index in [2.05, 4.69) is 0 Å². The van der Waals surface area contributed by atoms with Crippen LogP contribution in [0.15, 0.2) is 42.5 Å². The maximum atomic E-state index is 14.6. The van der Waals surface area contributed by atoms with Crippen molar-refractivity contribution in [1.82, 2.24) is 4.90 Å². The minimum absolute atomic E-state index is 0.0559. The molecular weight excluding hydrogens is 420 g/mol. The number of carbonyl (C=O) groups excluding carboxylic acids is 2. The average molecular weight is 438 g/mol. The van der Waals surface area contributed by atoms with E-state index < -0.39 is 41.5 Å². The highest BCUT2D eigenvalue weighted by Crippen LogP contribution is 2.37. The molecule has 1 spiro atoms. The molecule has 2 fully saturated rings. The van der Waals surface area contributed by atoms with E-state index in [0.29, 0.717) is 5.56 Å². The van der Waals surface area contributed by atoms with Gasteiger partial charge < -0.3 is 14.4 Å². The standard InChI is InChI=1S/C21H18F4N2O4/c1-30-15-6-7-17(16(22)8-15)26-10-18(28)27(20(19(26)29)11-31-12-20)9-13-2-4-14(5-3-13)21(23,24)25/h2-8H,9-12H2,1H3. The van der Waals surface area contributed by atoms with E-state index in [4.69, 9.17) is 9.47 Å². The molecule has 0 unspecified atom stereocenters. The zero-order chi connectivity index (χ0) is 22.4. The van der Waals surface area contributed by atoms with Crippen LogP contribution in [-0.2, 0) is 27.0 Å². The topological polar surface area (TPSA) is 59.1 Å². The first-order valence-electron chi connectivity index (χ1n) is 9.35. The molecule has 2 aromatic carbocycles. The Morgan fingerprint density at radius 2 is 1.77 bits per heavy atom. The lowest BCUT2D eigenvalue weighted by Crippen LogP contribution is -2.76. The number of alkyl halides is 3. The molecule has 0 bridgehead atoms. The van der Waals surface area contributed by atoms with Crippen LogP contribution in [0.5, 0.6) is 5.75 Å². The van der Waals surface area contributed by atoms with Crippen molar-refractivity contribution in [2.24, 2.45) is 0 Å². The number of piperazine rings is 1. The lowest BCUT2D eigenvalue weighted by Gasteiger charge is -2.53. The highest BCUT2D eigenvalue weighted by atomic mass is 19.4. The summed E-state index contributed by atoms with van der Waals surface area (Å²) in [5.41, 5.74) is -1.76. The predicted molar refractivity (Wildman–Crippen MR) is 101 cm³/mol. The van der Waals surface area contributed by atoms with Crippen molar-refractivity contribution in [3.05, 3.63) is 59.4 Å². The molecule has 2 amide bonds. The molecule has 6 nitrogen and oxygen atoms in total. The number of halogens is 4. The second kappa shape index (κ2) is 7.52. The summed E-state index contributed by atoms with van der Waals surface area (Å²) in [6.45, 7) is -0.617. The number of rotatable bonds is 4. The van der Waals surface area contributed by atoms with Gasteiger partial charge in [-0.05, 0) is 29.8 Å². The van der Waals surface area contributed by atoms with E-state index in [1.165, 1.54) is 36.3 Å². The van der Waals surface area contributed by atoms with Crippen LogP contribution in [0.3, 0.4) is 0 Å². The summed E-state index contributed by atoms with van der Waals surface area (Å²) in [4.78, 5) is 28.6. The fourth-order valence-corrected chi connectivity index (χ4v) is 3.72. The first-order valence-corrected chi connectivity index (χ1v) is 9.35. The van der Waals surface area contributed by atoms with Crippen molar-refractivity contribution in [3.8, 4) is 5.75 Å². The molecule has 0 N–H and O–H groups in total. The van der Waals surface area contributed by atoms with Crippen LogP contribution < -0.4 is 9.64 Å². The number of ether oxygens (including phenoxy) is 2. The first-order chi connectivity index (χ1) is 14.7. The van der Waals surface area contributed by atoms with Gasteiger partial charge in [-0.2, -0.15) is 13.2 Å². The lowest BCUT2D eigenvalue weighted by atomic mass is 9.89. The third-order valence-electron chi connectivity index (χ3n) is 5.50. The summed E-state index contributed by atoms with van der Waals surface area (Å²) in [6, 6.07) is 8.34. The van der Waals surface area contributed by atoms with Gasteiger partial charge in [0.15, 0.2) is 11.4 Å². The molecule has 0 aliphatic carbocycles. The zero-order valence-electron chi connectivity index (χ0n) is 16.4. The summed E-state index contributed by atoms with van der Waals surface area (Å²) in [6.07, 6.45) is -4.47. The summed E-state index contributed by atoms with van der Waals surface area (Å²) < 4.78 is 63.1. The number of benzene rings is 2. The fraction of sp³-hybridized carbons (Fsp3) is 0.333. The number of methoxy groups -OCH3 is 1. The number of carbonyl (C=O) groups is 2. The Morgan fingerprint density at radius 1 is 1.10 bits per heavy atom. The van der Waals surface area contributed by atoms with E-state index >= 15 is 0 Å². The molecule has 0 aromatic heterocycles. The minimum Gasteiger partial charge on any atom is -0.497 e. The number of hydrogen-bond acceptors (Lipinski definition) is 4. The Kier molecular flexibility index (Phi) is 5.12. The van der Waals surface area contributed by atoms with Crippen molar-refractivity contribution in [2.45, 2.75) is 18.3 Å². The van der Waals surface area contributed by atoms with Crippen molar-refractivity contribution in [3.63, 3.8) is 0 Å². The van der Waals surface area contributed by atoms with Crippen LogP contribution in [-0.4, -0.2) is 49.1 Å². The minimum atomic E-state index is -4.47. The van der Waals surface area contributed by atoms with Crippen LogP contribution in [0.25, 0.3) is 0 Å². The van der Waals surface area contributed by atoms with Crippen LogP contribution in [0, 0.1) is 5.82 Å². The lowest BCUT2D eigenvalue weighted by molar-refractivity contribution is -0.184. The molecule has 0 saturated carbocycles. The van der Waals surface area contributed by atoms with Crippen LogP contribution in [0.1, 0.15) is 11.1 Å². The third kappa shape index (κ3) is 3.60. The van der Waals surface area contributed by atoms with Gasteiger partial charge in [0.1, 0.15) is 12.3 Å². The van der Waals surface area contributed by atoms with Gasteiger partial charge in [0.2, 0.25) is 5.91 Å². The Bertz CT molecular complexity index is 1020. The molecule has 31 heavy (non-hydrogen) atoms. The molecule has 2 aliphatic rings. The maximum Gasteiger partial charge on any atom is 0.416 e. The second-order valence-corrected chi connectivity index (χ2v) is 7.41. The van der Waals surface area contributed by atoms with Crippen LogP contribution >= 0.6 is 0 Å². The predicted octanol–water partition coefficient (Wildman–Crippen LogP) is 3.00. The van der Waals surface area contributed by atoms with E-state index in [9.17, 15) is 27.2 Å². The van der Waals surface area contributed by atoms with E-state index in [1.54, 1.807) is 0 Å². The fourth-order valence-electron chi connectivity index (χ4n) is 3.72. The average Bonchev–Trinajstić information content (AvgIpc) is 2.69. The smallest absolute Gasteiger partial charge is 0.416 e. The zero-order valence-corrected chi connectivity index (χ0v) is 16.4. The monoisotopic (exact) mass is 438 g/mol. The number of amides is 2. The summed E-state index contributed by atoms with van der Waals surface area (Å²) >= 11 is 0. The summed E-state index contributed by atoms with van der Waals surface area (Å²) in [5.74, 6) is -1.41. The quantitative estimate of drug-likeness (QED) is 0.689. The molecule has 2 aliphatic heterocycles. The van der Waals surface area contributed by atoms with E-state index in [0.717, 1.165) is 23.1 Å². The Labute approximate surface area is 174 Å². The molecule has 2 aromatic rings. The Hall–Kier alpha value is -3.14. The van der Waals surface area contributed by atoms with E-state index in [1.807, 2.05) is 0 Å². The van der Waals surface area contributed by atoms with E-state index in [-0.39, 0.29) is 31.2 Å². The van der Waals surface area contributed by atoms with Gasteiger partial charge in [0.25, 0.3) is 5.91 Å². The molecule has 10 heteroatoms.